The van der Waals surface area contributed by atoms with Crippen molar-refractivity contribution in [3.05, 3.63) is 36.2 Å². The first-order valence-corrected chi connectivity index (χ1v) is 19.7. The molecule has 0 aromatic carbocycles. The number of fused-ring (bicyclic) bond motifs is 1. The number of rotatable bonds is 13. The third-order valence-corrected chi connectivity index (χ3v) is 16.7. The molecule has 34 heavy (non-hydrogen) atoms. The zero-order valence-electron chi connectivity index (χ0n) is 19.3. The molecule has 1 aromatic heterocycles. The maximum absolute atomic E-state index is 5.90. The molecule has 1 aromatic rings. The molecule has 0 radical (unpaired) electrons. The maximum atomic E-state index is 5.90. The van der Waals surface area contributed by atoms with Gasteiger partial charge < -0.3 is 14.2 Å². The maximum Gasteiger partial charge on any atom is 0.172 e. The van der Waals surface area contributed by atoms with Crippen molar-refractivity contribution >= 4 is 105 Å². The molecular weight excluding hydrogens is 601 g/mol. The number of ether oxygens (including phenoxy) is 3. The van der Waals surface area contributed by atoms with Crippen LogP contribution in [-0.4, -0.2) is 50.4 Å². The van der Waals surface area contributed by atoms with Gasteiger partial charge in [0.05, 0.1) is 32.0 Å². The molecule has 1 unspecified atom stereocenters. The zero-order valence-corrected chi connectivity index (χ0v) is 26.6. The average Bonchev–Trinajstić information content (AvgIpc) is 3.59. The minimum Gasteiger partial charge on any atom is -0.485 e. The predicted molar refractivity (Wildman–Crippen MR) is 168 cm³/mol. The van der Waals surface area contributed by atoms with Crippen molar-refractivity contribution in [3.63, 3.8) is 0 Å². The van der Waals surface area contributed by atoms with E-state index in [1.54, 1.807) is 11.3 Å². The van der Waals surface area contributed by atoms with Crippen molar-refractivity contribution in [2.45, 2.75) is 31.8 Å². The summed E-state index contributed by atoms with van der Waals surface area (Å²) in [5.41, 5.74) is 0. The van der Waals surface area contributed by atoms with Crippen LogP contribution in [0.3, 0.4) is 0 Å². The van der Waals surface area contributed by atoms with E-state index in [1.807, 2.05) is 105 Å². The van der Waals surface area contributed by atoms with Crippen LogP contribution in [0.25, 0.3) is 0 Å². The zero-order chi connectivity index (χ0) is 23.8. The quantitative estimate of drug-likeness (QED) is 0.195. The van der Waals surface area contributed by atoms with E-state index in [-0.39, 0.29) is 6.10 Å². The van der Waals surface area contributed by atoms with Gasteiger partial charge in [-0.05, 0) is 37.4 Å². The molecule has 12 heteroatoms. The molecule has 3 aliphatic heterocycles. The number of hydrogen-bond acceptors (Lipinski definition) is 12. The van der Waals surface area contributed by atoms with Gasteiger partial charge in [0.15, 0.2) is 17.6 Å². The molecule has 4 heterocycles. The fraction of sp³-hybridized carbons (Fsp3) is 0.545. The fourth-order valence-corrected chi connectivity index (χ4v) is 14.6. The molecule has 3 nitrogen and oxygen atoms in total. The molecular formula is C22H28O3S9. The van der Waals surface area contributed by atoms with Crippen LogP contribution in [0.5, 0.6) is 11.5 Å². The average molecular weight is 629 g/mol. The third-order valence-electron chi connectivity index (χ3n) is 4.83. The van der Waals surface area contributed by atoms with Crippen molar-refractivity contribution in [1.29, 1.82) is 0 Å². The van der Waals surface area contributed by atoms with Crippen molar-refractivity contribution in [2.75, 3.05) is 44.3 Å². The number of thiophene rings is 1. The lowest BCUT2D eigenvalue weighted by molar-refractivity contribution is 0.00845. The molecule has 0 aliphatic carbocycles. The molecule has 0 saturated carbocycles. The minimum atomic E-state index is 0.00971. The van der Waals surface area contributed by atoms with E-state index < -0.39 is 0 Å². The van der Waals surface area contributed by atoms with Gasteiger partial charge in [-0.25, -0.2) is 0 Å². The van der Waals surface area contributed by atoms with E-state index in [1.165, 1.54) is 50.4 Å². The second-order valence-electron chi connectivity index (χ2n) is 7.23. The number of hydrogen-bond donors (Lipinski definition) is 0. The minimum absolute atomic E-state index is 0.00971. The second kappa shape index (κ2) is 15.0. The van der Waals surface area contributed by atoms with Gasteiger partial charge in [-0.2, -0.15) is 0 Å². The highest BCUT2D eigenvalue weighted by molar-refractivity contribution is 8.44. The summed E-state index contributed by atoms with van der Waals surface area (Å²) in [5.74, 6) is 2.91. The first-order valence-electron chi connectivity index (χ1n) is 10.8. The number of unbranched alkanes of at least 4 members (excludes halogenated alkanes) is 3. The molecule has 1 atom stereocenters. The highest BCUT2D eigenvalue weighted by Crippen LogP contribution is 2.65. The normalized spacial score (nSPS) is 20.3. The smallest absolute Gasteiger partial charge is 0.172 e. The van der Waals surface area contributed by atoms with E-state index in [0.717, 1.165) is 24.5 Å². The van der Waals surface area contributed by atoms with E-state index in [4.69, 9.17) is 14.2 Å². The van der Waals surface area contributed by atoms with Crippen molar-refractivity contribution in [2.24, 2.45) is 0 Å². The SMILES string of the molecule is CSC1=C(SC)SC(=C2SC(SC)=C(SCCCCCCOCC3COc4cscc4O3)S2)S1. The first-order chi connectivity index (χ1) is 16.7. The Bertz CT molecular complexity index is 906. The molecule has 0 N–H and O–H groups in total. The summed E-state index contributed by atoms with van der Waals surface area (Å²) in [4.78, 5) is 0. The van der Waals surface area contributed by atoms with Gasteiger partial charge in [-0.1, -0.05) is 59.9 Å². The summed E-state index contributed by atoms with van der Waals surface area (Å²) >= 11 is 17.1. The van der Waals surface area contributed by atoms with Gasteiger partial charge in [0, 0.05) is 17.4 Å². The van der Waals surface area contributed by atoms with Gasteiger partial charge in [0.1, 0.15) is 6.61 Å². The van der Waals surface area contributed by atoms with E-state index >= 15 is 0 Å². The monoisotopic (exact) mass is 628 g/mol. The summed E-state index contributed by atoms with van der Waals surface area (Å²) in [5, 5.41) is 3.97. The van der Waals surface area contributed by atoms with Crippen LogP contribution in [0.2, 0.25) is 0 Å². The largest absolute Gasteiger partial charge is 0.485 e. The summed E-state index contributed by atoms with van der Waals surface area (Å²) < 4.78 is 26.2. The van der Waals surface area contributed by atoms with Crippen LogP contribution >= 0.6 is 105 Å². The van der Waals surface area contributed by atoms with Crippen LogP contribution in [0, 0.1) is 0 Å². The molecule has 0 amide bonds. The second-order valence-corrected chi connectivity index (χ2v) is 17.2. The van der Waals surface area contributed by atoms with E-state index in [9.17, 15) is 0 Å². The van der Waals surface area contributed by atoms with Gasteiger partial charge in [-0.15, -0.1) is 58.4 Å². The lowest BCUT2D eigenvalue weighted by atomic mass is 10.2. The summed E-state index contributed by atoms with van der Waals surface area (Å²) in [7, 11) is 0. The topological polar surface area (TPSA) is 27.7 Å². The fourth-order valence-electron chi connectivity index (χ4n) is 3.16. The van der Waals surface area contributed by atoms with Gasteiger partial charge in [-0.3, -0.25) is 0 Å². The van der Waals surface area contributed by atoms with Gasteiger partial charge in [0.2, 0.25) is 0 Å². The van der Waals surface area contributed by atoms with Crippen molar-refractivity contribution in [3.8, 4) is 11.5 Å². The Morgan fingerprint density at radius 1 is 0.824 bits per heavy atom. The highest BCUT2D eigenvalue weighted by atomic mass is 32.3. The highest BCUT2D eigenvalue weighted by Gasteiger charge is 2.29. The Hall–Kier alpha value is 1.28. The van der Waals surface area contributed by atoms with Crippen LogP contribution < -0.4 is 9.47 Å². The van der Waals surface area contributed by atoms with Crippen LogP contribution in [0.1, 0.15) is 25.7 Å². The Labute approximate surface area is 241 Å². The summed E-state index contributed by atoms with van der Waals surface area (Å²) in [6, 6.07) is 0. The molecule has 188 valence electrons. The van der Waals surface area contributed by atoms with Crippen LogP contribution in [0.15, 0.2) is 36.2 Å². The molecule has 4 rings (SSSR count). The molecule has 0 bridgehead atoms. The Balaban J connectivity index is 1.07. The van der Waals surface area contributed by atoms with Crippen LogP contribution in [-0.2, 0) is 4.74 Å². The van der Waals surface area contributed by atoms with Crippen LogP contribution in [0.4, 0.5) is 0 Å². The number of thioether (sulfide) groups is 8. The summed E-state index contributed by atoms with van der Waals surface area (Å²) in [6.07, 6.45) is 11.4. The molecule has 0 spiro atoms. The predicted octanol–water partition coefficient (Wildman–Crippen LogP) is 9.63. The Kier molecular flexibility index (Phi) is 12.5. The van der Waals surface area contributed by atoms with E-state index in [0.29, 0.717) is 13.2 Å². The Morgan fingerprint density at radius 3 is 2.15 bits per heavy atom. The Morgan fingerprint density at radius 2 is 1.44 bits per heavy atom. The van der Waals surface area contributed by atoms with Gasteiger partial charge >= 0.3 is 0 Å². The lowest BCUT2D eigenvalue weighted by Gasteiger charge is -2.24. The molecule has 0 saturated heterocycles. The van der Waals surface area contributed by atoms with Crippen molar-refractivity contribution < 1.29 is 14.2 Å². The summed E-state index contributed by atoms with van der Waals surface area (Å²) in [6.45, 7) is 1.98. The van der Waals surface area contributed by atoms with Gasteiger partial charge in [0.25, 0.3) is 0 Å². The first kappa shape index (κ1) is 28.3. The molecule has 0 fully saturated rings. The van der Waals surface area contributed by atoms with Crippen molar-refractivity contribution in [1.82, 2.24) is 0 Å². The standard InChI is InChI=1S/C22H28O3S9/c1-26-17-18(27-2)32-21(31-17)22-33-19(28-3)20(34-22)30-9-7-5-4-6-8-23-10-14-11-24-15-12-29-13-16(15)25-14/h12-14H,4-11H2,1-3H3. The molecule has 3 aliphatic rings. The van der Waals surface area contributed by atoms with E-state index in [2.05, 4.69) is 18.8 Å². The third kappa shape index (κ3) is 7.89. The lowest BCUT2D eigenvalue weighted by Crippen LogP contribution is -2.33.